The van der Waals surface area contributed by atoms with Gasteiger partial charge < -0.3 is 5.32 Å². The van der Waals surface area contributed by atoms with Gasteiger partial charge in [0.15, 0.2) is 0 Å². The highest BCUT2D eigenvalue weighted by Gasteiger charge is 2.21. The maximum absolute atomic E-state index is 3.82. The number of nitrogens with one attached hydrogen (secondary N) is 1. The molecule has 1 rings (SSSR count). The molecule has 1 aliphatic rings. The van der Waals surface area contributed by atoms with E-state index in [0.717, 1.165) is 23.9 Å². The molecule has 1 aliphatic heterocycles. The first-order valence-electron chi connectivity index (χ1n) is 6.34. The largest absolute Gasteiger partial charge is 0.311 e. The highest BCUT2D eigenvalue weighted by Crippen LogP contribution is 2.21. The second-order valence-electron chi connectivity index (χ2n) is 5.75. The molecule has 0 aliphatic carbocycles. The van der Waals surface area contributed by atoms with Gasteiger partial charge >= 0.3 is 0 Å². The summed E-state index contributed by atoms with van der Waals surface area (Å²) in [5.74, 6) is 1.68. The fourth-order valence-electron chi connectivity index (χ4n) is 2.62. The number of rotatable bonds is 4. The van der Waals surface area contributed by atoms with E-state index >= 15 is 0 Å². The second-order valence-corrected chi connectivity index (χ2v) is 5.75. The molecule has 0 saturated carbocycles. The molecule has 14 heavy (non-hydrogen) atoms. The van der Waals surface area contributed by atoms with Crippen LogP contribution in [-0.4, -0.2) is 12.1 Å². The topological polar surface area (TPSA) is 12.0 Å². The van der Waals surface area contributed by atoms with E-state index in [0.29, 0.717) is 0 Å². The van der Waals surface area contributed by atoms with E-state index in [-0.39, 0.29) is 0 Å². The molecule has 0 spiro atoms. The molecule has 0 bridgehead atoms. The SMILES string of the molecule is CC(C)CC1CCCC(CC(C)C)N1. The van der Waals surface area contributed by atoms with Crippen molar-refractivity contribution >= 4 is 0 Å². The first-order valence-corrected chi connectivity index (χ1v) is 6.34. The van der Waals surface area contributed by atoms with Crippen molar-refractivity contribution in [3.63, 3.8) is 0 Å². The lowest BCUT2D eigenvalue weighted by Gasteiger charge is -2.33. The van der Waals surface area contributed by atoms with Crippen molar-refractivity contribution in [2.75, 3.05) is 0 Å². The molecule has 0 aromatic heterocycles. The van der Waals surface area contributed by atoms with Gasteiger partial charge in [-0.3, -0.25) is 0 Å². The number of hydrogen-bond donors (Lipinski definition) is 1. The van der Waals surface area contributed by atoms with Crippen molar-refractivity contribution < 1.29 is 0 Å². The molecule has 1 saturated heterocycles. The van der Waals surface area contributed by atoms with Gasteiger partial charge in [0, 0.05) is 12.1 Å². The summed E-state index contributed by atoms with van der Waals surface area (Å²) in [6.07, 6.45) is 6.94. The van der Waals surface area contributed by atoms with Crippen LogP contribution in [0.2, 0.25) is 0 Å². The maximum Gasteiger partial charge on any atom is 0.00721 e. The average molecular weight is 197 g/mol. The van der Waals surface area contributed by atoms with Gasteiger partial charge in [0.05, 0.1) is 0 Å². The molecule has 2 unspecified atom stereocenters. The van der Waals surface area contributed by atoms with Gasteiger partial charge in [0.25, 0.3) is 0 Å². The lowest BCUT2D eigenvalue weighted by molar-refractivity contribution is 0.262. The molecule has 0 amide bonds. The number of piperidine rings is 1. The van der Waals surface area contributed by atoms with E-state index in [9.17, 15) is 0 Å². The summed E-state index contributed by atoms with van der Waals surface area (Å²) in [6, 6.07) is 1.60. The fraction of sp³-hybridized carbons (Fsp3) is 1.00. The summed E-state index contributed by atoms with van der Waals surface area (Å²) >= 11 is 0. The summed E-state index contributed by atoms with van der Waals surface area (Å²) < 4.78 is 0. The van der Waals surface area contributed by atoms with Gasteiger partial charge in [-0.15, -0.1) is 0 Å². The van der Waals surface area contributed by atoms with E-state index in [2.05, 4.69) is 33.0 Å². The molecule has 2 atom stereocenters. The van der Waals surface area contributed by atoms with Gasteiger partial charge in [-0.25, -0.2) is 0 Å². The Bertz CT molecular complexity index is 135. The summed E-state index contributed by atoms with van der Waals surface area (Å²) in [4.78, 5) is 0. The molecule has 1 nitrogen and oxygen atoms in total. The van der Waals surface area contributed by atoms with E-state index in [4.69, 9.17) is 0 Å². The van der Waals surface area contributed by atoms with Crippen LogP contribution >= 0.6 is 0 Å². The molecule has 0 aromatic rings. The van der Waals surface area contributed by atoms with Gasteiger partial charge in [-0.1, -0.05) is 34.1 Å². The Labute approximate surface area is 89.7 Å². The summed E-state index contributed by atoms with van der Waals surface area (Å²) in [6.45, 7) is 9.31. The van der Waals surface area contributed by atoms with Gasteiger partial charge in [0.1, 0.15) is 0 Å². The zero-order chi connectivity index (χ0) is 10.6. The van der Waals surface area contributed by atoms with Crippen LogP contribution in [0.5, 0.6) is 0 Å². The average Bonchev–Trinajstić information content (AvgIpc) is 2.01. The van der Waals surface area contributed by atoms with E-state index in [1.807, 2.05) is 0 Å². The van der Waals surface area contributed by atoms with Crippen molar-refractivity contribution in [2.24, 2.45) is 11.8 Å². The quantitative estimate of drug-likeness (QED) is 0.726. The normalized spacial score (nSPS) is 28.7. The summed E-state index contributed by atoms with van der Waals surface area (Å²) in [5.41, 5.74) is 0. The van der Waals surface area contributed by atoms with E-state index in [1.165, 1.54) is 32.1 Å². The van der Waals surface area contributed by atoms with E-state index in [1.54, 1.807) is 0 Å². The predicted molar refractivity (Wildman–Crippen MR) is 63.5 cm³/mol. The third kappa shape index (κ3) is 4.45. The molecule has 0 aromatic carbocycles. The standard InChI is InChI=1S/C13H27N/c1-10(2)8-12-6-5-7-13(14-12)9-11(3)4/h10-14H,5-9H2,1-4H3. The van der Waals surface area contributed by atoms with Crippen LogP contribution in [0.4, 0.5) is 0 Å². The predicted octanol–water partition coefficient (Wildman–Crippen LogP) is 3.59. The molecule has 1 heterocycles. The van der Waals surface area contributed by atoms with Crippen LogP contribution in [0.3, 0.4) is 0 Å². The maximum atomic E-state index is 3.82. The molecule has 84 valence electrons. The summed E-state index contributed by atoms with van der Waals surface area (Å²) in [7, 11) is 0. The Morgan fingerprint density at radius 2 is 1.36 bits per heavy atom. The number of hydrogen-bond acceptors (Lipinski definition) is 1. The highest BCUT2D eigenvalue weighted by atomic mass is 15.0. The van der Waals surface area contributed by atoms with Crippen molar-refractivity contribution in [1.82, 2.24) is 5.32 Å². The fourth-order valence-corrected chi connectivity index (χ4v) is 2.62. The molecular weight excluding hydrogens is 170 g/mol. The smallest absolute Gasteiger partial charge is 0.00721 e. The zero-order valence-corrected chi connectivity index (χ0v) is 10.3. The van der Waals surface area contributed by atoms with Crippen LogP contribution in [0.1, 0.15) is 59.8 Å². The first-order chi connectivity index (χ1) is 6.58. The molecule has 1 N–H and O–H groups in total. The van der Waals surface area contributed by atoms with Crippen LogP contribution in [0.25, 0.3) is 0 Å². The third-order valence-electron chi connectivity index (χ3n) is 3.09. The minimum Gasteiger partial charge on any atom is -0.311 e. The van der Waals surface area contributed by atoms with Crippen LogP contribution in [-0.2, 0) is 0 Å². The van der Waals surface area contributed by atoms with Crippen molar-refractivity contribution in [3.05, 3.63) is 0 Å². The van der Waals surface area contributed by atoms with Crippen molar-refractivity contribution in [2.45, 2.75) is 71.9 Å². The van der Waals surface area contributed by atoms with Gasteiger partial charge in [-0.05, 0) is 37.5 Å². The Morgan fingerprint density at radius 1 is 0.929 bits per heavy atom. The Hall–Kier alpha value is -0.0400. The molecule has 0 radical (unpaired) electrons. The van der Waals surface area contributed by atoms with Crippen molar-refractivity contribution in [3.8, 4) is 0 Å². The molecule has 1 fully saturated rings. The lowest BCUT2D eigenvalue weighted by atomic mass is 9.89. The minimum absolute atomic E-state index is 0.799. The first kappa shape index (κ1) is 12.0. The summed E-state index contributed by atoms with van der Waals surface area (Å²) in [5, 5.41) is 3.82. The monoisotopic (exact) mass is 197 g/mol. The highest BCUT2D eigenvalue weighted by molar-refractivity contribution is 4.81. The second kappa shape index (κ2) is 5.75. The van der Waals surface area contributed by atoms with Gasteiger partial charge in [0.2, 0.25) is 0 Å². The Morgan fingerprint density at radius 3 is 1.71 bits per heavy atom. The Balaban J connectivity index is 2.28. The zero-order valence-electron chi connectivity index (χ0n) is 10.3. The Kier molecular flexibility index (Phi) is 4.94. The third-order valence-corrected chi connectivity index (χ3v) is 3.09. The van der Waals surface area contributed by atoms with Crippen LogP contribution in [0.15, 0.2) is 0 Å². The minimum atomic E-state index is 0.799. The van der Waals surface area contributed by atoms with Crippen LogP contribution in [0, 0.1) is 11.8 Å². The van der Waals surface area contributed by atoms with Crippen LogP contribution < -0.4 is 5.32 Å². The lowest BCUT2D eigenvalue weighted by Crippen LogP contribution is -2.43. The van der Waals surface area contributed by atoms with Gasteiger partial charge in [-0.2, -0.15) is 0 Å². The molecule has 1 heteroatoms. The van der Waals surface area contributed by atoms with E-state index < -0.39 is 0 Å². The van der Waals surface area contributed by atoms with Crippen molar-refractivity contribution in [1.29, 1.82) is 0 Å². The molecular formula is C13H27N.